The fourth-order valence-electron chi connectivity index (χ4n) is 9.14. The van der Waals surface area contributed by atoms with Crippen molar-refractivity contribution < 1.29 is 22.7 Å². The van der Waals surface area contributed by atoms with E-state index in [1.165, 1.54) is 41.7 Å². The molecular formula is C45H57ClN10O5S. The summed E-state index contributed by atoms with van der Waals surface area (Å²) in [7, 11) is -1.81. The molecule has 0 spiro atoms. The number of anilines is 7. The van der Waals surface area contributed by atoms with Crippen LogP contribution < -0.4 is 45.4 Å². The van der Waals surface area contributed by atoms with Crippen LogP contribution in [0.25, 0.3) is 0 Å². The van der Waals surface area contributed by atoms with Crippen LogP contribution in [-0.4, -0.2) is 102 Å². The summed E-state index contributed by atoms with van der Waals surface area (Å²) < 4.78 is 32.2. The highest BCUT2D eigenvalue weighted by Crippen LogP contribution is 2.40. The number of benzene rings is 3. The zero-order valence-corrected chi connectivity index (χ0v) is 37.0. The van der Waals surface area contributed by atoms with Crippen molar-refractivity contribution in [2.24, 2.45) is 5.92 Å². The van der Waals surface area contributed by atoms with Gasteiger partial charge in [-0.2, -0.15) is 4.98 Å². The second-order valence-electron chi connectivity index (χ2n) is 16.7. The zero-order chi connectivity index (χ0) is 43.2. The second-order valence-corrected chi connectivity index (χ2v) is 19.0. The quantitative estimate of drug-likeness (QED) is 0.0664. The van der Waals surface area contributed by atoms with Gasteiger partial charge in [0.05, 0.1) is 42.5 Å². The number of hydrogen-bond donors (Lipinski definition) is 5. The van der Waals surface area contributed by atoms with Gasteiger partial charge < -0.3 is 35.8 Å². The molecule has 0 aliphatic carbocycles. The number of carbonyl (C=O) groups excluding carboxylic acids is 2. The fraction of sp³-hybridized carbons (Fsp3) is 0.467. The van der Waals surface area contributed by atoms with Crippen LogP contribution in [0.1, 0.15) is 62.0 Å². The summed E-state index contributed by atoms with van der Waals surface area (Å²) in [4.78, 5) is 37.6. The molecule has 62 heavy (non-hydrogen) atoms. The van der Waals surface area contributed by atoms with Crippen LogP contribution >= 0.6 is 11.6 Å². The first-order chi connectivity index (χ1) is 30.0. The average Bonchev–Trinajstić information content (AvgIpc) is 3.73. The Kier molecular flexibility index (Phi) is 13.7. The summed E-state index contributed by atoms with van der Waals surface area (Å²) in [5.41, 5.74) is 6.14. The van der Waals surface area contributed by atoms with Crippen LogP contribution in [0.2, 0.25) is 5.02 Å². The third kappa shape index (κ3) is 10.4. The summed E-state index contributed by atoms with van der Waals surface area (Å²) in [6.45, 7) is 7.29. The topological polar surface area (TPSA) is 173 Å². The number of para-hydroxylation sites is 1. The Balaban J connectivity index is 0.739. The number of halogens is 1. The Morgan fingerprint density at radius 2 is 1.58 bits per heavy atom. The van der Waals surface area contributed by atoms with Gasteiger partial charge in [0.25, 0.3) is 0 Å². The molecule has 3 aromatic carbocycles. The van der Waals surface area contributed by atoms with Gasteiger partial charge in [-0.3, -0.25) is 19.2 Å². The molecule has 5 heterocycles. The Hall–Kier alpha value is -5.16. The number of ether oxygens (including phenoxy) is 1. The van der Waals surface area contributed by atoms with E-state index in [2.05, 4.69) is 64.6 Å². The molecule has 0 saturated carbocycles. The molecule has 8 rings (SSSR count). The van der Waals surface area contributed by atoms with E-state index in [1.807, 2.05) is 42.5 Å². The fourth-order valence-corrected chi connectivity index (χ4v) is 10.3. The van der Waals surface area contributed by atoms with Gasteiger partial charge >= 0.3 is 0 Å². The van der Waals surface area contributed by atoms with Crippen LogP contribution in [0.5, 0.6) is 5.75 Å². The molecule has 4 aromatic rings. The number of methoxy groups -OCH3 is 1. The standard InChI is InChI=1S/C45H57ClN10O5S/c1-61-40-28-35(10-12-38(40)51-45-49-29-37(46)43(53-45)50-39-5-3-4-32-17-27-56(42(32)39)62(2,59)60)55-25-18-33(19-26-55)48-22-21-47-20-14-30-15-23-54(24-16-30)34-8-6-31(7-9-34)36-11-13-41(57)52-44(36)58/h3-10,12,28-30,33,36,47-48H,11,13-27H2,1-2H3,(H,52,57,58)(H2,49,50,51,53). The number of imide groups is 1. The number of fused-ring (bicyclic) bond motifs is 1. The lowest BCUT2D eigenvalue weighted by Crippen LogP contribution is -2.44. The third-order valence-electron chi connectivity index (χ3n) is 12.6. The third-order valence-corrected chi connectivity index (χ3v) is 14.1. The van der Waals surface area contributed by atoms with E-state index < -0.39 is 10.0 Å². The van der Waals surface area contributed by atoms with Gasteiger partial charge in [0, 0.05) is 75.7 Å². The zero-order valence-electron chi connectivity index (χ0n) is 35.5. The monoisotopic (exact) mass is 884 g/mol. The molecule has 15 nitrogen and oxygen atoms in total. The first-order valence-electron chi connectivity index (χ1n) is 21.7. The predicted molar refractivity (Wildman–Crippen MR) is 246 cm³/mol. The first-order valence-corrected chi connectivity index (χ1v) is 24.0. The van der Waals surface area contributed by atoms with Crippen molar-refractivity contribution in [3.05, 3.63) is 83.0 Å². The second kappa shape index (κ2) is 19.5. The minimum Gasteiger partial charge on any atom is -0.494 e. The number of aromatic nitrogens is 2. The highest BCUT2D eigenvalue weighted by Gasteiger charge is 2.30. The van der Waals surface area contributed by atoms with Gasteiger partial charge in [0.2, 0.25) is 27.8 Å². The van der Waals surface area contributed by atoms with Crippen molar-refractivity contribution in [2.45, 2.75) is 63.3 Å². The minimum absolute atomic E-state index is 0.178. The molecule has 3 fully saturated rings. The molecular weight excluding hydrogens is 828 g/mol. The molecule has 3 saturated heterocycles. The van der Waals surface area contributed by atoms with Crippen molar-refractivity contribution in [1.29, 1.82) is 0 Å². The molecule has 5 N–H and O–H groups in total. The molecule has 0 bridgehead atoms. The Morgan fingerprint density at radius 1 is 0.839 bits per heavy atom. The highest BCUT2D eigenvalue weighted by atomic mass is 35.5. The summed E-state index contributed by atoms with van der Waals surface area (Å²) >= 11 is 6.52. The number of rotatable bonds is 16. The number of amides is 2. The lowest BCUT2D eigenvalue weighted by Gasteiger charge is -2.34. The maximum absolute atomic E-state index is 12.5. The van der Waals surface area contributed by atoms with Crippen LogP contribution in [-0.2, 0) is 26.0 Å². The van der Waals surface area contributed by atoms with E-state index in [9.17, 15) is 18.0 Å². The van der Waals surface area contributed by atoms with Gasteiger partial charge in [-0.05, 0) is 98.9 Å². The average molecular weight is 886 g/mol. The summed E-state index contributed by atoms with van der Waals surface area (Å²) in [6.07, 6.45) is 9.99. The predicted octanol–water partition coefficient (Wildman–Crippen LogP) is 5.92. The highest BCUT2D eigenvalue weighted by molar-refractivity contribution is 7.92. The Morgan fingerprint density at radius 3 is 2.32 bits per heavy atom. The normalized spacial score (nSPS) is 18.8. The molecule has 2 amide bonds. The van der Waals surface area contributed by atoms with Gasteiger partial charge in [0.15, 0.2) is 5.82 Å². The Bertz CT molecular complexity index is 2340. The van der Waals surface area contributed by atoms with E-state index in [1.54, 1.807) is 7.11 Å². The molecule has 4 aliphatic rings. The minimum atomic E-state index is -3.45. The van der Waals surface area contributed by atoms with Gasteiger partial charge in [-0.25, -0.2) is 13.4 Å². The van der Waals surface area contributed by atoms with E-state index in [4.69, 9.17) is 16.3 Å². The van der Waals surface area contributed by atoms with Gasteiger partial charge in [-0.15, -0.1) is 0 Å². The van der Waals surface area contributed by atoms with Crippen LogP contribution in [0.3, 0.4) is 0 Å². The maximum Gasteiger partial charge on any atom is 0.234 e. The van der Waals surface area contributed by atoms with Crippen LogP contribution in [0, 0.1) is 5.92 Å². The lowest BCUT2D eigenvalue weighted by molar-refractivity contribution is -0.134. The van der Waals surface area contributed by atoms with Gasteiger partial charge in [-0.1, -0.05) is 35.9 Å². The van der Waals surface area contributed by atoms with Gasteiger partial charge in [0.1, 0.15) is 10.8 Å². The lowest BCUT2D eigenvalue weighted by atomic mass is 9.90. The number of nitrogens with one attached hydrogen (secondary N) is 5. The molecule has 4 aliphatic heterocycles. The van der Waals surface area contributed by atoms with Crippen molar-refractivity contribution in [1.82, 2.24) is 25.9 Å². The molecule has 1 aromatic heterocycles. The van der Waals surface area contributed by atoms with E-state index >= 15 is 0 Å². The van der Waals surface area contributed by atoms with Crippen LogP contribution in [0.4, 0.5) is 40.2 Å². The van der Waals surface area contributed by atoms with Crippen molar-refractivity contribution in [3.63, 3.8) is 0 Å². The van der Waals surface area contributed by atoms with Crippen molar-refractivity contribution in [3.8, 4) is 5.75 Å². The number of sulfonamides is 1. The SMILES string of the molecule is COc1cc(N2CCC(NCCNCCC3CCN(c4ccc(C5CCC(=O)NC5=O)cc4)CC3)CC2)ccc1Nc1ncc(Cl)c(Nc2cccc3c2N(S(C)(=O)=O)CC3)n1. The molecule has 0 radical (unpaired) electrons. The molecule has 330 valence electrons. The number of carbonyl (C=O) groups is 2. The number of piperidine rings is 3. The summed E-state index contributed by atoms with van der Waals surface area (Å²) in [5, 5.41) is 16.7. The van der Waals surface area contributed by atoms with Crippen molar-refractivity contribution in [2.75, 3.05) is 90.5 Å². The molecule has 17 heteroatoms. The van der Waals surface area contributed by atoms with Crippen LogP contribution in [0.15, 0.2) is 66.9 Å². The van der Waals surface area contributed by atoms with E-state index in [-0.39, 0.29) is 17.7 Å². The smallest absolute Gasteiger partial charge is 0.234 e. The first kappa shape index (κ1) is 43.5. The van der Waals surface area contributed by atoms with Crippen molar-refractivity contribution >= 4 is 73.6 Å². The maximum atomic E-state index is 12.5. The number of hydrogen-bond acceptors (Lipinski definition) is 13. The molecule has 1 unspecified atom stereocenters. The number of nitrogens with zero attached hydrogens (tertiary/aromatic N) is 5. The molecule has 1 atom stereocenters. The summed E-state index contributed by atoms with van der Waals surface area (Å²) in [6, 6.07) is 20.5. The largest absolute Gasteiger partial charge is 0.494 e. The summed E-state index contributed by atoms with van der Waals surface area (Å²) in [5.74, 6) is 1.45. The van der Waals surface area contributed by atoms with E-state index in [0.29, 0.717) is 71.4 Å². The van der Waals surface area contributed by atoms with E-state index in [0.717, 1.165) is 81.4 Å². The Labute approximate surface area is 369 Å².